The summed E-state index contributed by atoms with van der Waals surface area (Å²) in [7, 11) is 0. The molecule has 0 aliphatic rings. The molecule has 3 rings (SSSR count). The third-order valence-corrected chi connectivity index (χ3v) is 4.50. The van der Waals surface area contributed by atoms with Crippen molar-refractivity contribution in [1.82, 2.24) is 5.32 Å². The number of urea groups is 1. The molecule has 0 saturated heterocycles. The lowest BCUT2D eigenvalue weighted by atomic mass is 10.1. The number of carbonyl (C=O) groups excluding carboxylic acids is 2. The Balaban J connectivity index is 1.47. The van der Waals surface area contributed by atoms with Crippen molar-refractivity contribution < 1.29 is 14.3 Å². The fourth-order valence-corrected chi connectivity index (χ4v) is 2.82. The monoisotopic (exact) mass is 417 g/mol. The average molecular weight is 418 g/mol. The molecule has 3 aromatic carbocycles. The van der Waals surface area contributed by atoms with Crippen LogP contribution in [0.4, 0.5) is 16.2 Å². The first-order chi connectivity index (χ1) is 15.0. The van der Waals surface area contributed by atoms with Crippen LogP contribution in [0.5, 0.6) is 0 Å². The highest BCUT2D eigenvalue weighted by Gasteiger charge is 2.07. The number of carbonyl (C=O) groups is 2. The number of ether oxygens (including phenoxy) is 1. The SMILES string of the molecule is CC(C)OCc1ccc(CNC(=O)c2ccc(NC(=O)Nc3ccccc3)cc2)cc1. The third kappa shape index (κ3) is 7.28. The Kier molecular flexibility index (Phi) is 7.79. The number of benzene rings is 3. The predicted molar refractivity (Wildman–Crippen MR) is 123 cm³/mol. The topological polar surface area (TPSA) is 79.5 Å². The van der Waals surface area contributed by atoms with Crippen LogP contribution in [-0.2, 0) is 17.9 Å². The Hall–Kier alpha value is -3.64. The van der Waals surface area contributed by atoms with Crippen molar-refractivity contribution in [3.63, 3.8) is 0 Å². The van der Waals surface area contributed by atoms with Gasteiger partial charge in [-0.3, -0.25) is 4.79 Å². The van der Waals surface area contributed by atoms with E-state index < -0.39 is 0 Å². The van der Waals surface area contributed by atoms with Crippen LogP contribution in [0.3, 0.4) is 0 Å². The number of anilines is 2. The number of para-hydroxylation sites is 1. The molecule has 0 bridgehead atoms. The molecular weight excluding hydrogens is 390 g/mol. The molecule has 3 amide bonds. The number of nitrogens with one attached hydrogen (secondary N) is 3. The molecule has 6 heteroatoms. The Bertz CT molecular complexity index is 985. The Morgan fingerprint density at radius 2 is 1.35 bits per heavy atom. The molecule has 0 heterocycles. The lowest BCUT2D eigenvalue weighted by Crippen LogP contribution is -2.23. The van der Waals surface area contributed by atoms with Crippen molar-refractivity contribution in [2.75, 3.05) is 10.6 Å². The van der Waals surface area contributed by atoms with Crippen LogP contribution < -0.4 is 16.0 Å². The number of amides is 3. The Labute approximate surface area is 182 Å². The highest BCUT2D eigenvalue weighted by Crippen LogP contribution is 2.12. The number of hydrogen-bond donors (Lipinski definition) is 3. The largest absolute Gasteiger partial charge is 0.374 e. The highest BCUT2D eigenvalue weighted by atomic mass is 16.5. The Morgan fingerprint density at radius 1 is 0.774 bits per heavy atom. The van der Waals surface area contributed by atoms with Crippen molar-refractivity contribution in [3.8, 4) is 0 Å². The second-order valence-electron chi connectivity index (χ2n) is 7.38. The predicted octanol–water partition coefficient (Wildman–Crippen LogP) is 5.19. The van der Waals surface area contributed by atoms with Gasteiger partial charge in [-0.1, -0.05) is 42.5 Å². The second-order valence-corrected chi connectivity index (χ2v) is 7.38. The summed E-state index contributed by atoms with van der Waals surface area (Å²) < 4.78 is 5.59. The van der Waals surface area contributed by atoms with Crippen molar-refractivity contribution in [3.05, 3.63) is 95.6 Å². The zero-order valence-corrected chi connectivity index (χ0v) is 17.7. The normalized spacial score (nSPS) is 10.5. The molecule has 0 radical (unpaired) electrons. The van der Waals surface area contributed by atoms with E-state index in [0.717, 1.165) is 11.1 Å². The maximum atomic E-state index is 12.4. The summed E-state index contributed by atoms with van der Waals surface area (Å²) in [5.41, 5.74) is 3.94. The molecule has 0 aliphatic heterocycles. The summed E-state index contributed by atoms with van der Waals surface area (Å²) >= 11 is 0. The zero-order valence-electron chi connectivity index (χ0n) is 17.7. The minimum atomic E-state index is -0.342. The van der Waals surface area contributed by atoms with Gasteiger partial charge in [-0.15, -0.1) is 0 Å². The first kappa shape index (κ1) is 22.1. The first-order valence-electron chi connectivity index (χ1n) is 10.2. The van der Waals surface area contributed by atoms with Gasteiger partial charge in [-0.05, 0) is 61.4 Å². The zero-order chi connectivity index (χ0) is 22.1. The van der Waals surface area contributed by atoms with Crippen molar-refractivity contribution in [1.29, 1.82) is 0 Å². The van der Waals surface area contributed by atoms with Gasteiger partial charge in [-0.25, -0.2) is 4.79 Å². The molecule has 3 aromatic rings. The number of rotatable bonds is 8. The summed E-state index contributed by atoms with van der Waals surface area (Å²) in [5.74, 6) is -0.174. The summed E-state index contributed by atoms with van der Waals surface area (Å²) in [6.45, 7) is 5.02. The van der Waals surface area contributed by atoms with E-state index in [1.165, 1.54) is 0 Å². The van der Waals surface area contributed by atoms with E-state index in [9.17, 15) is 9.59 Å². The van der Waals surface area contributed by atoms with Gasteiger partial charge in [0.1, 0.15) is 0 Å². The van der Waals surface area contributed by atoms with Gasteiger partial charge >= 0.3 is 6.03 Å². The maximum absolute atomic E-state index is 12.4. The van der Waals surface area contributed by atoms with Crippen molar-refractivity contribution in [2.24, 2.45) is 0 Å². The van der Waals surface area contributed by atoms with Crippen LogP contribution in [0.25, 0.3) is 0 Å². The van der Waals surface area contributed by atoms with Crippen LogP contribution >= 0.6 is 0 Å². The van der Waals surface area contributed by atoms with Gasteiger partial charge in [0.2, 0.25) is 0 Å². The lowest BCUT2D eigenvalue weighted by Gasteiger charge is -2.10. The van der Waals surface area contributed by atoms with Crippen LogP contribution in [0.1, 0.15) is 35.3 Å². The quantitative estimate of drug-likeness (QED) is 0.472. The molecular formula is C25H27N3O3. The van der Waals surface area contributed by atoms with E-state index in [0.29, 0.717) is 30.1 Å². The van der Waals surface area contributed by atoms with Gasteiger partial charge in [0.05, 0.1) is 12.7 Å². The van der Waals surface area contributed by atoms with Crippen molar-refractivity contribution in [2.45, 2.75) is 33.1 Å². The third-order valence-electron chi connectivity index (χ3n) is 4.50. The fourth-order valence-electron chi connectivity index (χ4n) is 2.82. The maximum Gasteiger partial charge on any atom is 0.323 e. The lowest BCUT2D eigenvalue weighted by molar-refractivity contribution is 0.0657. The fraction of sp³-hybridized carbons (Fsp3) is 0.200. The van der Waals surface area contributed by atoms with E-state index in [1.807, 2.05) is 56.3 Å². The molecule has 0 saturated carbocycles. The standard InChI is InChI=1S/C25H27N3O3/c1-18(2)31-17-20-10-8-19(9-11-20)16-26-24(29)21-12-14-23(15-13-21)28-25(30)27-22-6-4-3-5-7-22/h3-15,18H,16-17H2,1-2H3,(H,26,29)(H2,27,28,30). The van der Waals surface area contributed by atoms with E-state index in [1.54, 1.807) is 36.4 Å². The molecule has 0 atom stereocenters. The molecule has 0 aromatic heterocycles. The van der Waals surface area contributed by atoms with Crippen molar-refractivity contribution >= 4 is 23.3 Å². The van der Waals surface area contributed by atoms with Gasteiger partial charge < -0.3 is 20.7 Å². The smallest absolute Gasteiger partial charge is 0.323 e. The summed E-state index contributed by atoms with van der Waals surface area (Å²) in [4.78, 5) is 24.5. The molecule has 31 heavy (non-hydrogen) atoms. The molecule has 0 spiro atoms. The first-order valence-corrected chi connectivity index (χ1v) is 10.2. The van der Waals surface area contributed by atoms with Gasteiger partial charge in [0, 0.05) is 23.5 Å². The number of hydrogen-bond acceptors (Lipinski definition) is 3. The molecule has 160 valence electrons. The van der Waals surface area contributed by atoms with E-state index in [4.69, 9.17) is 4.74 Å². The van der Waals surface area contributed by atoms with E-state index >= 15 is 0 Å². The second kappa shape index (κ2) is 10.9. The molecule has 3 N–H and O–H groups in total. The van der Waals surface area contributed by atoms with E-state index in [2.05, 4.69) is 16.0 Å². The Morgan fingerprint density at radius 3 is 1.97 bits per heavy atom. The van der Waals surface area contributed by atoms with Crippen LogP contribution in [0.15, 0.2) is 78.9 Å². The van der Waals surface area contributed by atoms with Crippen LogP contribution in [0, 0.1) is 0 Å². The highest BCUT2D eigenvalue weighted by molar-refractivity contribution is 6.00. The molecule has 0 fully saturated rings. The molecule has 6 nitrogen and oxygen atoms in total. The van der Waals surface area contributed by atoms with Gasteiger partial charge in [-0.2, -0.15) is 0 Å². The van der Waals surface area contributed by atoms with E-state index in [-0.39, 0.29) is 18.0 Å². The average Bonchev–Trinajstić information content (AvgIpc) is 2.78. The van der Waals surface area contributed by atoms with Gasteiger partial charge in [0.15, 0.2) is 0 Å². The van der Waals surface area contributed by atoms with Crippen LogP contribution in [-0.4, -0.2) is 18.0 Å². The van der Waals surface area contributed by atoms with Gasteiger partial charge in [0.25, 0.3) is 5.91 Å². The summed E-state index contributed by atoms with van der Waals surface area (Å²) in [5, 5.41) is 8.40. The summed E-state index contributed by atoms with van der Waals surface area (Å²) in [6, 6.07) is 23.6. The van der Waals surface area contributed by atoms with Crippen LogP contribution in [0.2, 0.25) is 0 Å². The minimum Gasteiger partial charge on any atom is -0.374 e. The minimum absolute atomic E-state index is 0.174. The summed E-state index contributed by atoms with van der Waals surface area (Å²) in [6.07, 6.45) is 0.193. The molecule has 0 unspecified atom stereocenters. The molecule has 0 aliphatic carbocycles.